The van der Waals surface area contributed by atoms with E-state index in [1.54, 1.807) is 18.2 Å². The second kappa shape index (κ2) is 7.93. The van der Waals surface area contributed by atoms with Gasteiger partial charge in [-0.05, 0) is 81.9 Å². The molecule has 0 bridgehead atoms. The van der Waals surface area contributed by atoms with Crippen molar-refractivity contribution >= 4 is 28.9 Å². The van der Waals surface area contributed by atoms with Crippen LogP contribution >= 0.6 is 23.8 Å². The van der Waals surface area contributed by atoms with E-state index in [1.165, 1.54) is 0 Å². The molecule has 0 spiro atoms. The number of nitrogens with zero attached hydrogens (tertiary/aromatic N) is 3. The minimum absolute atomic E-state index is 0.0197. The number of aromatic nitrogens is 2. The van der Waals surface area contributed by atoms with Crippen molar-refractivity contribution in [2.24, 2.45) is 0 Å². The van der Waals surface area contributed by atoms with Gasteiger partial charge in [-0.1, -0.05) is 17.7 Å². The molecule has 1 fully saturated rings. The van der Waals surface area contributed by atoms with Crippen LogP contribution in [0.1, 0.15) is 48.6 Å². The number of benzene rings is 1. The topological polar surface area (TPSA) is 53.3 Å². The first kappa shape index (κ1) is 20.7. The number of hydrogen-bond donors (Lipinski definition) is 2. The standard InChI is InChI=1S/C23H25ClN4OS/c1-13(2)27-22(21(26-23(27)30)18-7-5-6-10-25-18)17-11-14(3)28(15(17)4)19-12-16(24)8-9-20(19)29/h5-13,21-22,29H,1-4H3,(H,26,30)/t21-,22-/m1/s1. The second-order valence-electron chi connectivity index (χ2n) is 7.92. The van der Waals surface area contributed by atoms with Crippen LogP contribution in [0.5, 0.6) is 5.75 Å². The zero-order chi connectivity index (χ0) is 21.6. The van der Waals surface area contributed by atoms with Gasteiger partial charge in [-0.3, -0.25) is 4.98 Å². The largest absolute Gasteiger partial charge is 0.506 e. The highest BCUT2D eigenvalue weighted by molar-refractivity contribution is 7.80. The average molecular weight is 441 g/mol. The molecule has 1 aliphatic heterocycles. The third-order valence-electron chi connectivity index (χ3n) is 5.66. The molecule has 2 N–H and O–H groups in total. The molecule has 5 nitrogen and oxygen atoms in total. The number of aryl methyl sites for hydroxylation is 1. The Bertz CT molecular complexity index is 1100. The van der Waals surface area contributed by atoms with Crippen molar-refractivity contribution in [2.45, 2.75) is 45.8 Å². The van der Waals surface area contributed by atoms with Gasteiger partial charge in [-0.25, -0.2) is 0 Å². The van der Waals surface area contributed by atoms with E-state index < -0.39 is 0 Å². The summed E-state index contributed by atoms with van der Waals surface area (Å²) in [5.41, 5.74) is 4.81. The van der Waals surface area contributed by atoms with Crippen LogP contribution in [0, 0.1) is 13.8 Å². The Morgan fingerprint density at radius 2 is 1.93 bits per heavy atom. The quantitative estimate of drug-likeness (QED) is 0.544. The van der Waals surface area contributed by atoms with E-state index in [2.05, 4.69) is 42.0 Å². The van der Waals surface area contributed by atoms with Crippen molar-refractivity contribution < 1.29 is 5.11 Å². The summed E-state index contributed by atoms with van der Waals surface area (Å²) in [6, 6.07) is 13.3. The van der Waals surface area contributed by atoms with Crippen LogP contribution in [-0.2, 0) is 0 Å². The van der Waals surface area contributed by atoms with Crippen LogP contribution in [0.4, 0.5) is 0 Å². The number of thiocarbonyl (C=S) groups is 1. The highest BCUT2D eigenvalue weighted by atomic mass is 35.5. The van der Waals surface area contributed by atoms with Crippen molar-refractivity contribution in [3.8, 4) is 11.4 Å². The Morgan fingerprint density at radius 1 is 1.17 bits per heavy atom. The summed E-state index contributed by atoms with van der Waals surface area (Å²) in [4.78, 5) is 6.83. The SMILES string of the molecule is Cc1cc([C@@H]2[C@@H](c3ccccn3)NC(=S)N2C(C)C)c(C)n1-c1cc(Cl)ccc1O. The molecule has 0 unspecified atom stereocenters. The van der Waals surface area contributed by atoms with Gasteiger partial charge in [0.25, 0.3) is 0 Å². The molecular formula is C23H25ClN4OS. The van der Waals surface area contributed by atoms with Crippen molar-refractivity contribution in [1.82, 2.24) is 19.8 Å². The summed E-state index contributed by atoms with van der Waals surface area (Å²) < 4.78 is 2.05. The lowest BCUT2D eigenvalue weighted by atomic mass is 9.96. The van der Waals surface area contributed by atoms with Crippen molar-refractivity contribution in [3.05, 3.63) is 76.3 Å². The van der Waals surface area contributed by atoms with Crippen molar-refractivity contribution in [3.63, 3.8) is 0 Å². The van der Waals surface area contributed by atoms with Gasteiger partial charge in [0, 0.05) is 28.6 Å². The number of phenols is 1. The van der Waals surface area contributed by atoms with E-state index in [1.807, 2.05) is 35.9 Å². The molecule has 2 aromatic heterocycles. The van der Waals surface area contributed by atoms with Crippen LogP contribution in [0.2, 0.25) is 5.02 Å². The molecule has 7 heteroatoms. The number of hydrogen-bond acceptors (Lipinski definition) is 3. The van der Waals surface area contributed by atoms with Gasteiger partial charge in [0.2, 0.25) is 0 Å². The van der Waals surface area contributed by atoms with E-state index in [-0.39, 0.29) is 23.9 Å². The fourth-order valence-electron chi connectivity index (χ4n) is 4.39. The molecule has 4 rings (SSSR count). The first-order valence-electron chi connectivity index (χ1n) is 9.97. The molecule has 1 saturated heterocycles. The van der Waals surface area contributed by atoms with E-state index in [9.17, 15) is 5.11 Å². The first-order valence-corrected chi connectivity index (χ1v) is 10.8. The molecule has 3 heterocycles. The molecule has 1 aliphatic rings. The third kappa shape index (κ3) is 3.44. The molecular weight excluding hydrogens is 416 g/mol. The summed E-state index contributed by atoms with van der Waals surface area (Å²) in [6.07, 6.45) is 1.81. The third-order valence-corrected chi connectivity index (χ3v) is 6.22. The number of nitrogens with one attached hydrogen (secondary N) is 1. The van der Waals surface area contributed by atoms with Crippen molar-refractivity contribution in [1.29, 1.82) is 0 Å². The van der Waals surface area contributed by atoms with Crippen LogP contribution in [0.3, 0.4) is 0 Å². The van der Waals surface area contributed by atoms with E-state index in [0.717, 1.165) is 27.8 Å². The number of pyridine rings is 1. The van der Waals surface area contributed by atoms with Gasteiger partial charge in [0.15, 0.2) is 5.11 Å². The lowest BCUT2D eigenvalue weighted by molar-refractivity contribution is 0.269. The normalized spacial score (nSPS) is 18.9. The Morgan fingerprint density at radius 3 is 2.60 bits per heavy atom. The zero-order valence-electron chi connectivity index (χ0n) is 17.4. The minimum atomic E-state index is -0.0667. The molecule has 0 radical (unpaired) electrons. The highest BCUT2D eigenvalue weighted by Crippen LogP contribution is 2.43. The Hall–Kier alpha value is -2.57. The first-order chi connectivity index (χ1) is 14.3. The molecule has 30 heavy (non-hydrogen) atoms. The van der Waals surface area contributed by atoms with Gasteiger partial charge in [0.1, 0.15) is 5.75 Å². The summed E-state index contributed by atoms with van der Waals surface area (Å²) in [5.74, 6) is 0.190. The molecule has 156 valence electrons. The van der Waals surface area contributed by atoms with E-state index in [0.29, 0.717) is 10.7 Å². The summed E-state index contributed by atoms with van der Waals surface area (Å²) in [5, 5.41) is 15.3. The fourth-order valence-corrected chi connectivity index (χ4v) is 5.01. The lowest BCUT2D eigenvalue weighted by Crippen LogP contribution is -2.35. The smallest absolute Gasteiger partial charge is 0.170 e. The predicted octanol–water partition coefficient (Wildman–Crippen LogP) is 5.23. The fraction of sp³-hybridized carbons (Fsp3) is 0.304. The lowest BCUT2D eigenvalue weighted by Gasteiger charge is -2.31. The maximum atomic E-state index is 10.5. The van der Waals surface area contributed by atoms with Crippen molar-refractivity contribution in [2.75, 3.05) is 0 Å². The van der Waals surface area contributed by atoms with Gasteiger partial charge >= 0.3 is 0 Å². The van der Waals surface area contributed by atoms with Gasteiger partial charge < -0.3 is 19.9 Å². The van der Waals surface area contributed by atoms with Gasteiger partial charge in [-0.2, -0.15) is 0 Å². The Labute approximate surface area is 187 Å². The summed E-state index contributed by atoms with van der Waals surface area (Å²) >= 11 is 11.9. The van der Waals surface area contributed by atoms with Crippen LogP contribution in [0.15, 0.2) is 48.7 Å². The number of rotatable bonds is 4. The summed E-state index contributed by atoms with van der Waals surface area (Å²) in [7, 11) is 0. The molecule has 2 atom stereocenters. The minimum Gasteiger partial charge on any atom is -0.506 e. The van der Waals surface area contributed by atoms with Crippen LogP contribution in [0.25, 0.3) is 5.69 Å². The molecule has 3 aromatic rings. The molecule has 0 aliphatic carbocycles. The molecule has 1 aromatic carbocycles. The van der Waals surface area contributed by atoms with Crippen LogP contribution in [-0.4, -0.2) is 30.7 Å². The van der Waals surface area contributed by atoms with Gasteiger partial charge in [-0.15, -0.1) is 0 Å². The van der Waals surface area contributed by atoms with Crippen LogP contribution < -0.4 is 5.32 Å². The second-order valence-corrected chi connectivity index (χ2v) is 8.75. The van der Waals surface area contributed by atoms with E-state index in [4.69, 9.17) is 23.8 Å². The maximum absolute atomic E-state index is 10.5. The monoisotopic (exact) mass is 440 g/mol. The number of phenolic OH excluding ortho intramolecular Hbond substituents is 1. The molecule has 0 amide bonds. The number of aromatic hydroxyl groups is 1. The Kier molecular flexibility index (Phi) is 5.47. The predicted molar refractivity (Wildman–Crippen MR) is 124 cm³/mol. The highest BCUT2D eigenvalue weighted by Gasteiger charge is 2.42. The zero-order valence-corrected chi connectivity index (χ0v) is 19.0. The Balaban J connectivity index is 1.88. The molecule has 0 saturated carbocycles. The maximum Gasteiger partial charge on any atom is 0.170 e. The number of halogens is 1. The van der Waals surface area contributed by atoms with E-state index >= 15 is 0 Å². The average Bonchev–Trinajstić information content (AvgIpc) is 3.20. The van der Waals surface area contributed by atoms with Gasteiger partial charge in [0.05, 0.1) is 23.5 Å². The summed E-state index contributed by atoms with van der Waals surface area (Å²) in [6.45, 7) is 8.39.